The Balaban J connectivity index is 2.65. The van der Waals surface area contributed by atoms with Crippen molar-refractivity contribution in [1.82, 2.24) is 10.6 Å². The Morgan fingerprint density at radius 2 is 1.81 bits per heavy atom. The molecule has 1 aromatic carbocycles. The van der Waals surface area contributed by atoms with Gasteiger partial charge >= 0.3 is 12.1 Å². The second-order valence-electron chi connectivity index (χ2n) is 6.05. The molecular weight excluding hydrogens is 404 g/mol. The minimum atomic E-state index is -1.19. The molecule has 1 aromatic rings. The third kappa shape index (κ3) is 7.69. The summed E-state index contributed by atoms with van der Waals surface area (Å²) in [7, 11) is 0. The van der Waals surface area contributed by atoms with Crippen LogP contribution in [0.4, 0.5) is 4.79 Å². The maximum absolute atomic E-state index is 12.4. The maximum Gasteiger partial charge on any atom is 0.408 e. The van der Waals surface area contributed by atoms with E-state index in [2.05, 4.69) is 33.1 Å². The summed E-state index contributed by atoms with van der Waals surface area (Å²) >= 11 is 3.08. The average molecular weight is 427 g/mol. The van der Waals surface area contributed by atoms with E-state index in [1.54, 1.807) is 13.8 Å². The number of carbonyl (C=O) groups is 3. The predicted molar refractivity (Wildman–Crippen MR) is 101 cm³/mol. The molecule has 0 aliphatic carbocycles. The minimum absolute atomic E-state index is 0.0321. The van der Waals surface area contributed by atoms with Crippen LogP contribution in [0.25, 0.3) is 0 Å². The van der Waals surface area contributed by atoms with Gasteiger partial charge < -0.3 is 20.5 Å². The quantitative estimate of drug-likeness (QED) is 0.562. The van der Waals surface area contributed by atoms with E-state index in [1.807, 2.05) is 30.3 Å². The van der Waals surface area contributed by atoms with Gasteiger partial charge in [-0.15, -0.1) is 0 Å². The fraction of sp³-hybridized carbons (Fsp3) is 0.389. The van der Waals surface area contributed by atoms with Gasteiger partial charge in [0, 0.05) is 6.42 Å². The van der Waals surface area contributed by atoms with Crippen LogP contribution in [0.3, 0.4) is 0 Å². The molecule has 8 heteroatoms. The number of amides is 2. The van der Waals surface area contributed by atoms with Gasteiger partial charge in [-0.1, -0.05) is 66.7 Å². The molecular formula is C18H23BrN2O5. The summed E-state index contributed by atoms with van der Waals surface area (Å²) in [6.07, 6.45) is -0.718. The molecule has 0 saturated carbocycles. The fourth-order valence-electron chi connectivity index (χ4n) is 2.11. The Morgan fingerprint density at radius 3 is 2.31 bits per heavy atom. The molecule has 0 fully saturated rings. The van der Waals surface area contributed by atoms with Crippen LogP contribution >= 0.6 is 15.9 Å². The van der Waals surface area contributed by atoms with Crippen LogP contribution in [0.5, 0.6) is 0 Å². The van der Waals surface area contributed by atoms with Gasteiger partial charge in [0.05, 0.1) is 0 Å². The van der Waals surface area contributed by atoms with Gasteiger partial charge in [0.15, 0.2) is 0 Å². The van der Waals surface area contributed by atoms with Crippen molar-refractivity contribution in [1.29, 1.82) is 0 Å². The van der Waals surface area contributed by atoms with Crippen molar-refractivity contribution in [2.75, 3.05) is 0 Å². The number of hydrogen-bond acceptors (Lipinski definition) is 4. The first-order valence-electron chi connectivity index (χ1n) is 8.04. The van der Waals surface area contributed by atoms with Crippen molar-refractivity contribution in [2.45, 2.75) is 39.0 Å². The molecule has 7 nitrogen and oxygen atoms in total. The van der Waals surface area contributed by atoms with Crippen molar-refractivity contribution >= 4 is 33.9 Å². The lowest BCUT2D eigenvalue weighted by molar-refractivity contribution is -0.142. The van der Waals surface area contributed by atoms with Crippen LogP contribution in [-0.4, -0.2) is 35.2 Å². The molecule has 26 heavy (non-hydrogen) atoms. The number of benzene rings is 1. The lowest BCUT2D eigenvalue weighted by atomic mass is 10.0. The second-order valence-corrected chi connectivity index (χ2v) is 7.17. The van der Waals surface area contributed by atoms with E-state index in [0.717, 1.165) is 5.56 Å². The zero-order chi connectivity index (χ0) is 19.7. The summed E-state index contributed by atoms with van der Waals surface area (Å²) < 4.78 is 5.55. The highest BCUT2D eigenvalue weighted by atomic mass is 79.9. The first kappa shape index (κ1) is 21.7. The molecule has 0 unspecified atom stereocenters. The van der Waals surface area contributed by atoms with Gasteiger partial charge in [0.2, 0.25) is 5.91 Å². The standard InChI is InChI=1S/C18H23BrN2O5/c1-11(2)15(16(22)20-14(17(23)24)9-12(3)19)21-18(25)26-10-13-7-5-4-6-8-13/h4-8,11,14-15H,3,9-10H2,1-2H3,(H,20,22)(H,21,25)(H,23,24)/t14-,15-/m1/s1. The summed E-state index contributed by atoms with van der Waals surface area (Å²) in [5.41, 5.74) is 0.815. The molecule has 0 bridgehead atoms. The summed E-state index contributed by atoms with van der Waals surface area (Å²) in [6.45, 7) is 7.12. The van der Waals surface area contributed by atoms with Crippen LogP contribution in [0.1, 0.15) is 25.8 Å². The van der Waals surface area contributed by atoms with Crippen molar-refractivity contribution in [3.05, 3.63) is 47.0 Å². The number of aliphatic carboxylic acids is 1. The van der Waals surface area contributed by atoms with Crippen molar-refractivity contribution in [3.63, 3.8) is 0 Å². The molecule has 1 rings (SSSR count). The molecule has 2 atom stereocenters. The topological polar surface area (TPSA) is 105 Å². The Labute approximate surface area is 160 Å². The molecule has 0 heterocycles. The SMILES string of the molecule is C=C(Br)C[C@@H](NC(=O)[C@H](NC(=O)OCc1ccccc1)C(C)C)C(=O)O. The summed E-state index contributed by atoms with van der Waals surface area (Å²) in [6, 6.07) is 7.05. The van der Waals surface area contributed by atoms with Gasteiger partial charge in [-0.05, 0) is 16.0 Å². The third-order valence-corrected chi connectivity index (χ3v) is 3.80. The highest BCUT2D eigenvalue weighted by Crippen LogP contribution is 2.11. The number of carboxylic acid groups (broad SMARTS) is 1. The zero-order valence-corrected chi connectivity index (χ0v) is 16.3. The van der Waals surface area contributed by atoms with Crippen molar-refractivity contribution in [2.24, 2.45) is 5.92 Å². The van der Waals surface area contributed by atoms with Crippen molar-refractivity contribution in [3.8, 4) is 0 Å². The first-order valence-corrected chi connectivity index (χ1v) is 8.83. The maximum atomic E-state index is 12.4. The second kappa shape index (κ2) is 10.6. The lowest BCUT2D eigenvalue weighted by Crippen LogP contribution is -2.53. The number of hydrogen-bond donors (Lipinski definition) is 3. The van der Waals surface area contributed by atoms with Crippen LogP contribution in [0.2, 0.25) is 0 Å². The molecule has 0 saturated heterocycles. The van der Waals surface area contributed by atoms with Crippen LogP contribution in [0.15, 0.2) is 41.4 Å². The van der Waals surface area contributed by atoms with Gasteiger partial charge in [-0.25, -0.2) is 9.59 Å². The Kier molecular flexibility index (Phi) is 8.84. The third-order valence-electron chi connectivity index (χ3n) is 3.48. The Hall–Kier alpha value is -2.35. The summed E-state index contributed by atoms with van der Waals surface area (Å²) in [5.74, 6) is -2.05. The largest absolute Gasteiger partial charge is 0.480 e. The number of rotatable bonds is 9. The van der Waals surface area contributed by atoms with Crippen LogP contribution in [0, 0.1) is 5.92 Å². The molecule has 0 aliphatic rings. The monoisotopic (exact) mass is 426 g/mol. The lowest BCUT2D eigenvalue weighted by Gasteiger charge is -2.23. The fourth-order valence-corrected chi connectivity index (χ4v) is 2.43. The Morgan fingerprint density at radius 1 is 1.19 bits per heavy atom. The van der Waals surface area contributed by atoms with Crippen molar-refractivity contribution < 1.29 is 24.2 Å². The summed E-state index contributed by atoms with van der Waals surface area (Å²) in [4.78, 5) is 35.6. The number of halogens is 1. The molecule has 0 aromatic heterocycles. The van der Waals surface area contributed by atoms with Crippen LogP contribution in [-0.2, 0) is 20.9 Å². The van der Waals surface area contributed by atoms with Gasteiger partial charge in [0.25, 0.3) is 0 Å². The minimum Gasteiger partial charge on any atom is -0.480 e. The van der Waals surface area contributed by atoms with E-state index in [4.69, 9.17) is 4.74 Å². The summed E-state index contributed by atoms with van der Waals surface area (Å²) in [5, 5.41) is 14.1. The number of nitrogens with one attached hydrogen (secondary N) is 2. The first-order chi connectivity index (χ1) is 12.2. The molecule has 0 spiro atoms. The average Bonchev–Trinajstić information content (AvgIpc) is 2.57. The van der Waals surface area contributed by atoms with E-state index < -0.39 is 30.1 Å². The molecule has 142 valence electrons. The smallest absolute Gasteiger partial charge is 0.408 e. The van der Waals surface area contributed by atoms with E-state index in [9.17, 15) is 19.5 Å². The van der Waals surface area contributed by atoms with E-state index >= 15 is 0 Å². The number of ether oxygens (including phenoxy) is 1. The van der Waals surface area contributed by atoms with E-state index in [1.165, 1.54) is 0 Å². The van der Waals surface area contributed by atoms with E-state index in [-0.39, 0.29) is 18.9 Å². The normalized spacial score (nSPS) is 12.8. The zero-order valence-electron chi connectivity index (χ0n) is 14.7. The van der Waals surface area contributed by atoms with Gasteiger partial charge in [-0.2, -0.15) is 0 Å². The van der Waals surface area contributed by atoms with Gasteiger partial charge in [-0.3, -0.25) is 4.79 Å². The Bertz CT molecular complexity index is 648. The number of alkyl carbamates (subject to hydrolysis) is 1. The van der Waals surface area contributed by atoms with Crippen LogP contribution < -0.4 is 10.6 Å². The molecule has 0 aliphatic heterocycles. The van der Waals surface area contributed by atoms with E-state index in [0.29, 0.717) is 4.48 Å². The molecule has 0 radical (unpaired) electrons. The highest BCUT2D eigenvalue weighted by molar-refractivity contribution is 9.11. The number of carboxylic acids is 1. The molecule has 3 N–H and O–H groups in total. The number of carbonyl (C=O) groups excluding carboxylic acids is 2. The predicted octanol–water partition coefficient (Wildman–Crippen LogP) is 2.81. The van der Waals surface area contributed by atoms with Gasteiger partial charge in [0.1, 0.15) is 18.7 Å². The highest BCUT2D eigenvalue weighted by Gasteiger charge is 2.29. The molecule has 2 amide bonds.